The van der Waals surface area contributed by atoms with Crippen molar-refractivity contribution in [1.29, 1.82) is 0 Å². The molecule has 2 rings (SSSR count). The molecule has 2 N–H and O–H groups in total. The Balaban J connectivity index is 2.55. The number of aryl methyl sites for hydroxylation is 2. The third-order valence-electron chi connectivity index (χ3n) is 2.55. The molecule has 0 amide bonds. The molecule has 0 radical (unpaired) electrons. The van der Waals surface area contributed by atoms with Gasteiger partial charge in [-0.2, -0.15) is 0 Å². The Morgan fingerprint density at radius 3 is 2.73 bits per heavy atom. The highest BCUT2D eigenvalue weighted by Crippen LogP contribution is 2.20. The molecule has 15 heavy (non-hydrogen) atoms. The van der Waals surface area contributed by atoms with Crippen LogP contribution in [0.5, 0.6) is 0 Å². The van der Waals surface area contributed by atoms with Gasteiger partial charge in [-0.1, -0.05) is 0 Å². The summed E-state index contributed by atoms with van der Waals surface area (Å²) >= 11 is 0. The van der Waals surface area contributed by atoms with Crippen molar-refractivity contribution < 1.29 is 9.90 Å². The van der Waals surface area contributed by atoms with Gasteiger partial charge in [-0.25, -0.2) is 0 Å². The second-order valence-electron chi connectivity index (χ2n) is 3.89. The average molecular weight is 203 g/mol. The predicted molar refractivity (Wildman–Crippen MR) is 59.1 cm³/mol. The SMILES string of the molecule is Cc1cc2cc(C)c(CC(=O)O)cc2[nH]1. The Morgan fingerprint density at radius 2 is 2.07 bits per heavy atom. The van der Waals surface area contributed by atoms with Gasteiger partial charge in [0.1, 0.15) is 0 Å². The summed E-state index contributed by atoms with van der Waals surface area (Å²) in [4.78, 5) is 13.9. The van der Waals surface area contributed by atoms with Crippen LogP contribution in [0.4, 0.5) is 0 Å². The van der Waals surface area contributed by atoms with Crippen molar-refractivity contribution in [2.45, 2.75) is 20.3 Å². The molecule has 1 aromatic heterocycles. The number of fused-ring (bicyclic) bond motifs is 1. The summed E-state index contributed by atoms with van der Waals surface area (Å²) in [5.74, 6) is -0.791. The van der Waals surface area contributed by atoms with Crippen LogP contribution in [0.2, 0.25) is 0 Å². The number of aliphatic carboxylic acids is 1. The van der Waals surface area contributed by atoms with Gasteiger partial charge in [0, 0.05) is 11.2 Å². The van der Waals surface area contributed by atoms with E-state index in [9.17, 15) is 4.79 Å². The number of benzene rings is 1. The largest absolute Gasteiger partial charge is 0.481 e. The summed E-state index contributed by atoms with van der Waals surface area (Å²) in [6.07, 6.45) is 0.0832. The van der Waals surface area contributed by atoms with E-state index in [1.807, 2.05) is 26.0 Å². The van der Waals surface area contributed by atoms with Crippen LogP contribution >= 0.6 is 0 Å². The molecule has 1 aromatic carbocycles. The van der Waals surface area contributed by atoms with E-state index in [0.717, 1.165) is 27.7 Å². The minimum Gasteiger partial charge on any atom is -0.481 e. The third-order valence-corrected chi connectivity index (χ3v) is 2.55. The van der Waals surface area contributed by atoms with Crippen LogP contribution in [0.15, 0.2) is 18.2 Å². The van der Waals surface area contributed by atoms with E-state index in [-0.39, 0.29) is 6.42 Å². The zero-order valence-electron chi connectivity index (χ0n) is 8.79. The van der Waals surface area contributed by atoms with Crippen LogP contribution in [0.1, 0.15) is 16.8 Å². The first kappa shape index (κ1) is 9.77. The third kappa shape index (κ3) is 1.86. The van der Waals surface area contributed by atoms with E-state index < -0.39 is 5.97 Å². The fourth-order valence-corrected chi connectivity index (χ4v) is 1.84. The number of carboxylic acid groups (broad SMARTS) is 1. The molecule has 0 bridgehead atoms. The lowest BCUT2D eigenvalue weighted by molar-refractivity contribution is -0.136. The predicted octanol–water partition coefficient (Wildman–Crippen LogP) is 2.41. The van der Waals surface area contributed by atoms with Crippen molar-refractivity contribution in [2.24, 2.45) is 0 Å². The lowest BCUT2D eigenvalue weighted by atomic mass is 10.0. The highest BCUT2D eigenvalue weighted by molar-refractivity contribution is 5.83. The summed E-state index contributed by atoms with van der Waals surface area (Å²) in [6, 6.07) is 6.01. The number of rotatable bonds is 2. The van der Waals surface area contributed by atoms with Gasteiger partial charge in [-0.05, 0) is 48.6 Å². The first-order chi connectivity index (χ1) is 7.06. The summed E-state index contributed by atoms with van der Waals surface area (Å²) in [7, 11) is 0. The number of carbonyl (C=O) groups is 1. The van der Waals surface area contributed by atoms with Crippen molar-refractivity contribution in [2.75, 3.05) is 0 Å². The van der Waals surface area contributed by atoms with Crippen molar-refractivity contribution in [1.82, 2.24) is 4.98 Å². The van der Waals surface area contributed by atoms with Gasteiger partial charge < -0.3 is 10.1 Å². The fraction of sp³-hybridized carbons (Fsp3) is 0.250. The maximum atomic E-state index is 10.7. The Bertz CT molecular complexity index is 526. The number of hydrogen-bond donors (Lipinski definition) is 2. The van der Waals surface area contributed by atoms with Crippen molar-refractivity contribution in [3.63, 3.8) is 0 Å². The molecule has 0 aliphatic rings. The molecule has 0 fully saturated rings. The van der Waals surface area contributed by atoms with Crippen LogP contribution in [0.3, 0.4) is 0 Å². The standard InChI is InChI=1S/C12H13NO2/c1-7-3-10-4-8(2)13-11(10)5-9(7)6-12(14)15/h3-5,13H,6H2,1-2H3,(H,14,15). The summed E-state index contributed by atoms with van der Waals surface area (Å²) in [5.41, 5.74) is 4.01. The van der Waals surface area contributed by atoms with Crippen molar-refractivity contribution in [3.05, 3.63) is 35.0 Å². The minimum absolute atomic E-state index is 0.0832. The Kier molecular flexibility index (Phi) is 2.23. The van der Waals surface area contributed by atoms with E-state index in [1.165, 1.54) is 0 Å². The van der Waals surface area contributed by atoms with Gasteiger partial charge >= 0.3 is 5.97 Å². The Hall–Kier alpha value is -1.77. The van der Waals surface area contributed by atoms with Gasteiger partial charge in [0.05, 0.1) is 6.42 Å². The fourth-order valence-electron chi connectivity index (χ4n) is 1.84. The highest BCUT2D eigenvalue weighted by Gasteiger charge is 2.06. The number of hydrogen-bond acceptors (Lipinski definition) is 1. The maximum absolute atomic E-state index is 10.7. The first-order valence-corrected chi connectivity index (χ1v) is 4.87. The van der Waals surface area contributed by atoms with Gasteiger partial charge in [0.15, 0.2) is 0 Å². The van der Waals surface area contributed by atoms with Crippen molar-refractivity contribution >= 4 is 16.9 Å². The van der Waals surface area contributed by atoms with Crippen LogP contribution in [0.25, 0.3) is 10.9 Å². The first-order valence-electron chi connectivity index (χ1n) is 4.87. The second kappa shape index (κ2) is 3.42. The number of aromatic amines is 1. The molecule has 3 nitrogen and oxygen atoms in total. The molecular weight excluding hydrogens is 190 g/mol. The zero-order chi connectivity index (χ0) is 11.0. The van der Waals surface area contributed by atoms with Crippen LogP contribution in [0, 0.1) is 13.8 Å². The Morgan fingerprint density at radius 1 is 1.33 bits per heavy atom. The quantitative estimate of drug-likeness (QED) is 0.787. The lowest BCUT2D eigenvalue weighted by Gasteiger charge is -2.02. The van der Waals surface area contributed by atoms with Gasteiger partial charge in [-0.3, -0.25) is 4.79 Å². The monoisotopic (exact) mass is 203 g/mol. The molecule has 78 valence electrons. The summed E-state index contributed by atoms with van der Waals surface area (Å²) in [5, 5.41) is 9.90. The summed E-state index contributed by atoms with van der Waals surface area (Å²) < 4.78 is 0. The van der Waals surface area contributed by atoms with Crippen LogP contribution in [-0.2, 0) is 11.2 Å². The number of nitrogens with one attached hydrogen (secondary N) is 1. The number of aromatic nitrogens is 1. The summed E-state index contributed by atoms with van der Waals surface area (Å²) in [6.45, 7) is 3.94. The molecule has 0 atom stereocenters. The smallest absolute Gasteiger partial charge is 0.307 e. The van der Waals surface area contributed by atoms with Gasteiger partial charge in [-0.15, -0.1) is 0 Å². The molecule has 0 aliphatic carbocycles. The van der Waals surface area contributed by atoms with Crippen LogP contribution in [-0.4, -0.2) is 16.1 Å². The number of carboxylic acids is 1. The van der Waals surface area contributed by atoms with E-state index in [0.29, 0.717) is 0 Å². The van der Waals surface area contributed by atoms with E-state index in [4.69, 9.17) is 5.11 Å². The van der Waals surface area contributed by atoms with Gasteiger partial charge in [0.25, 0.3) is 0 Å². The normalized spacial score (nSPS) is 10.8. The molecule has 0 saturated heterocycles. The maximum Gasteiger partial charge on any atom is 0.307 e. The van der Waals surface area contributed by atoms with E-state index in [1.54, 1.807) is 0 Å². The van der Waals surface area contributed by atoms with E-state index in [2.05, 4.69) is 11.1 Å². The van der Waals surface area contributed by atoms with Crippen LogP contribution < -0.4 is 0 Å². The molecule has 0 aliphatic heterocycles. The van der Waals surface area contributed by atoms with Crippen molar-refractivity contribution in [3.8, 4) is 0 Å². The van der Waals surface area contributed by atoms with Gasteiger partial charge in [0.2, 0.25) is 0 Å². The molecule has 1 heterocycles. The molecule has 2 aromatic rings. The molecule has 0 unspecified atom stereocenters. The molecular formula is C12H13NO2. The topological polar surface area (TPSA) is 53.1 Å². The molecule has 0 spiro atoms. The number of H-pyrrole nitrogens is 1. The highest BCUT2D eigenvalue weighted by atomic mass is 16.4. The average Bonchev–Trinajstić information content (AvgIpc) is 2.44. The lowest BCUT2D eigenvalue weighted by Crippen LogP contribution is -2.01. The Labute approximate surface area is 87.7 Å². The second-order valence-corrected chi connectivity index (χ2v) is 3.89. The minimum atomic E-state index is -0.791. The molecule has 3 heteroatoms. The zero-order valence-corrected chi connectivity index (χ0v) is 8.79. The van der Waals surface area contributed by atoms with E-state index >= 15 is 0 Å². The molecule has 0 saturated carbocycles.